The molecular weight excluding hydrogens is 348 g/mol. The Morgan fingerprint density at radius 2 is 2.04 bits per heavy atom. The highest BCUT2D eigenvalue weighted by Gasteiger charge is 2.51. The second kappa shape index (κ2) is 8.18. The minimum atomic E-state index is -0.825. The first-order valence-electron chi connectivity index (χ1n) is 11.1. The number of aliphatic carboxylic acids is 1. The Labute approximate surface area is 170 Å². The van der Waals surface area contributed by atoms with Crippen LogP contribution in [0.5, 0.6) is 0 Å². The number of hydrogen-bond acceptors (Lipinski definition) is 2. The van der Waals surface area contributed by atoms with Crippen LogP contribution in [0.1, 0.15) is 72.1 Å². The molecule has 7 atom stereocenters. The highest BCUT2D eigenvalue weighted by molar-refractivity contribution is 5.85. The average Bonchev–Trinajstić information content (AvgIpc) is 3.14. The van der Waals surface area contributed by atoms with E-state index in [9.17, 15) is 9.90 Å². The van der Waals surface area contributed by atoms with Crippen LogP contribution in [0.25, 0.3) is 0 Å². The Kier molecular flexibility index (Phi) is 6.24. The van der Waals surface area contributed by atoms with Gasteiger partial charge in [-0.3, -0.25) is 0 Å². The van der Waals surface area contributed by atoms with Crippen molar-refractivity contribution in [3.8, 4) is 0 Å². The average molecular weight is 387 g/mol. The fraction of sp³-hybridized carbons (Fsp3) is 0.720. The van der Waals surface area contributed by atoms with Gasteiger partial charge in [-0.15, -0.1) is 0 Å². The van der Waals surface area contributed by atoms with Gasteiger partial charge >= 0.3 is 5.97 Å². The summed E-state index contributed by atoms with van der Waals surface area (Å²) in [6, 6.07) is 0. The van der Waals surface area contributed by atoms with E-state index in [1.54, 1.807) is 6.92 Å². The van der Waals surface area contributed by atoms with Crippen LogP contribution in [0, 0.1) is 35.0 Å². The van der Waals surface area contributed by atoms with E-state index in [1.807, 2.05) is 6.08 Å². The van der Waals surface area contributed by atoms with Gasteiger partial charge in [0.25, 0.3) is 0 Å². The van der Waals surface area contributed by atoms with Crippen LogP contribution in [0.4, 0.5) is 0 Å². The Bertz CT molecular complexity index is 675. The molecule has 3 nitrogen and oxygen atoms in total. The molecule has 7 unspecified atom stereocenters. The lowest BCUT2D eigenvalue weighted by molar-refractivity contribution is -0.132. The maximum absolute atomic E-state index is 11.0. The van der Waals surface area contributed by atoms with Crippen LogP contribution in [-0.4, -0.2) is 22.3 Å². The molecule has 0 aliphatic heterocycles. The number of fused-ring (bicyclic) bond motifs is 2. The predicted octanol–water partition coefficient (Wildman–Crippen LogP) is 5.76. The summed E-state index contributed by atoms with van der Waals surface area (Å²) < 4.78 is 0. The smallest absolute Gasteiger partial charge is 0.330 e. The number of carboxylic acids is 1. The van der Waals surface area contributed by atoms with Crippen molar-refractivity contribution < 1.29 is 15.0 Å². The van der Waals surface area contributed by atoms with Crippen LogP contribution in [0.2, 0.25) is 0 Å². The third-order valence-corrected chi connectivity index (χ3v) is 8.46. The summed E-state index contributed by atoms with van der Waals surface area (Å²) in [5.74, 6) is 1.72. The molecule has 3 fully saturated rings. The second-order valence-electron chi connectivity index (χ2n) is 10.2. The number of rotatable bonds is 5. The lowest BCUT2D eigenvalue weighted by Gasteiger charge is -2.44. The Hall–Kier alpha value is -1.35. The molecule has 0 aromatic heterocycles. The van der Waals surface area contributed by atoms with Crippen LogP contribution in [0.3, 0.4) is 0 Å². The first-order chi connectivity index (χ1) is 13.1. The van der Waals surface area contributed by atoms with Crippen molar-refractivity contribution in [1.29, 1.82) is 0 Å². The highest BCUT2D eigenvalue weighted by Crippen LogP contribution is 2.60. The van der Waals surface area contributed by atoms with Crippen molar-refractivity contribution in [1.82, 2.24) is 0 Å². The van der Waals surface area contributed by atoms with Gasteiger partial charge in [-0.2, -0.15) is 0 Å². The summed E-state index contributed by atoms with van der Waals surface area (Å²) in [5.41, 5.74) is 3.12. The molecule has 3 heteroatoms. The molecule has 3 rings (SSSR count). The van der Waals surface area contributed by atoms with Gasteiger partial charge in [0.1, 0.15) is 0 Å². The van der Waals surface area contributed by atoms with Gasteiger partial charge in [0.15, 0.2) is 0 Å². The largest absolute Gasteiger partial charge is 0.478 e. The zero-order chi connectivity index (χ0) is 20.6. The van der Waals surface area contributed by atoms with Gasteiger partial charge < -0.3 is 10.2 Å². The van der Waals surface area contributed by atoms with Gasteiger partial charge in [0, 0.05) is 5.57 Å². The molecule has 0 saturated heterocycles. The minimum Gasteiger partial charge on any atom is -0.478 e. The van der Waals surface area contributed by atoms with E-state index in [2.05, 4.69) is 27.0 Å². The van der Waals surface area contributed by atoms with Crippen molar-refractivity contribution in [2.24, 2.45) is 35.0 Å². The molecule has 0 radical (unpaired) electrons. The Morgan fingerprint density at radius 1 is 1.32 bits per heavy atom. The molecule has 3 saturated carbocycles. The zero-order valence-corrected chi connectivity index (χ0v) is 17.9. The van der Waals surface area contributed by atoms with E-state index < -0.39 is 12.1 Å². The molecular formula is C25H38O3. The van der Waals surface area contributed by atoms with E-state index in [-0.39, 0.29) is 5.41 Å². The molecule has 3 aliphatic rings. The van der Waals surface area contributed by atoms with Crippen molar-refractivity contribution in [2.75, 3.05) is 0 Å². The van der Waals surface area contributed by atoms with Gasteiger partial charge in [0.05, 0.1) is 6.10 Å². The number of aliphatic hydroxyl groups is 1. The molecule has 0 aromatic carbocycles. The summed E-state index contributed by atoms with van der Waals surface area (Å²) in [6.45, 7) is 15.1. The number of carboxylic acid groups (broad SMARTS) is 1. The SMILES string of the molecule is C=C1CCC2C(=C)C(O)CC3C(C(C)CCC=C(C)C(=O)O)CCC3(C)CC12. The van der Waals surface area contributed by atoms with Gasteiger partial charge in [-0.05, 0) is 98.9 Å². The molecule has 2 N–H and O–H groups in total. The topological polar surface area (TPSA) is 57.5 Å². The molecule has 3 aliphatic carbocycles. The first-order valence-corrected chi connectivity index (χ1v) is 11.1. The molecule has 156 valence electrons. The lowest BCUT2D eigenvalue weighted by Crippen LogP contribution is -2.38. The molecule has 0 aromatic rings. The van der Waals surface area contributed by atoms with E-state index in [0.29, 0.717) is 35.2 Å². The summed E-state index contributed by atoms with van der Waals surface area (Å²) in [5, 5.41) is 20.0. The van der Waals surface area contributed by atoms with E-state index in [1.165, 1.54) is 24.8 Å². The lowest BCUT2D eigenvalue weighted by atomic mass is 9.62. The first kappa shape index (κ1) is 21.4. The number of aliphatic hydroxyl groups excluding tert-OH is 1. The molecule has 0 amide bonds. The third-order valence-electron chi connectivity index (χ3n) is 8.46. The maximum Gasteiger partial charge on any atom is 0.330 e. The van der Waals surface area contributed by atoms with Crippen molar-refractivity contribution in [3.63, 3.8) is 0 Å². The van der Waals surface area contributed by atoms with Gasteiger partial charge in [-0.1, -0.05) is 38.7 Å². The zero-order valence-electron chi connectivity index (χ0n) is 17.9. The standard InChI is InChI=1S/C25H38O3/c1-15(7-6-8-17(3)24(27)28)19-11-12-25(5)14-21-16(2)9-10-20(21)18(4)23(26)13-22(19)25/h8,15,19-23,26H,2,4,6-7,9-14H2,1,3,5H3,(H,27,28). The monoisotopic (exact) mass is 386 g/mol. The molecule has 28 heavy (non-hydrogen) atoms. The van der Waals surface area contributed by atoms with Crippen molar-refractivity contribution in [3.05, 3.63) is 36.0 Å². The number of hydrogen-bond donors (Lipinski definition) is 2. The Morgan fingerprint density at radius 3 is 2.71 bits per heavy atom. The summed E-state index contributed by atoms with van der Waals surface area (Å²) in [6.07, 6.45) is 9.94. The Balaban J connectivity index is 1.75. The summed E-state index contributed by atoms with van der Waals surface area (Å²) in [7, 11) is 0. The molecule has 0 bridgehead atoms. The van der Waals surface area contributed by atoms with Crippen LogP contribution < -0.4 is 0 Å². The minimum absolute atomic E-state index is 0.267. The van der Waals surface area contributed by atoms with E-state index >= 15 is 0 Å². The predicted molar refractivity (Wildman–Crippen MR) is 114 cm³/mol. The highest BCUT2D eigenvalue weighted by atomic mass is 16.4. The van der Waals surface area contributed by atoms with E-state index in [4.69, 9.17) is 5.11 Å². The van der Waals surface area contributed by atoms with Crippen molar-refractivity contribution in [2.45, 2.75) is 78.2 Å². The van der Waals surface area contributed by atoms with Gasteiger partial charge in [-0.25, -0.2) is 4.79 Å². The number of carbonyl (C=O) groups is 1. The third kappa shape index (κ3) is 4.01. The normalized spacial score (nSPS) is 39.9. The molecule has 0 heterocycles. The van der Waals surface area contributed by atoms with Crippen molar-refractivity contribution >= 4 is 5.97 Å². The maximum atomic E-state index is 11.0. The second-order valence-corrected chi connectivity index (χ2v) is 10.2. The summed E-state index contributed by atoms with van der Waals surface area (Å²) >= 11 is 0. The van der Waals surface area contributed by atoms with Crippen LogP contribution in [-0.2, 0) is 4.79 Å². The number of allylic oxidation sites excluding steroid dienone is 2. The van der Waals surface area contributed by atoms with E-state index in [0.717, 1.165) is 37.7 Å². The van der Waals surface area contributed by atoms with Crippen LogP contribution >= 0.6 is 0 Å². The molecule has 0 spiro atoms. The fourth-order valence-corrected chi connectivity index (χ4v) is 6.54. The van der Waals surface area contributed by atoms with Gasteiger partial charge in [0.2, 0.25) is 0 Å². The quantitative estimate of drug-likeness (QED) is 0.466. The summed E-state index contributed by atoms with van der Waals surface area (Å²) in [4.78, 5) is 11.0. The fourth-order valence-electron chi connectivity index (χ4n) is 6.54. The van der Waals surface area contributed by atoms with Crippen LogP contribution in [0.15, 0.2) is 36.0 Å².